The molecule has 0 aliphatic carbocycles. The van der Waals surface area contributed by atoms with E-state index in [1.807, 2.05) is 0 Å². The zero-order valence-corrected chi connectivity index (χ0v) is 12.3. The Morgan fingerprint density at radius 2 is 2.00 bits per heavy atom. The molecule has 1 aliphatic rings. The fourth-order valence-corrected chi connectivity index (χ4v) is 3.21. The number of benzene rings is 2. The molecule has 2 aromatic rings. The van der Waals surface area contributed by atoms with Crippen LogP contribution in [0.5, 0.6) is 0 Å². The monoisotopic (exact) mass is 268 g/mol. The van der Waals surface area contributed by atoms with E-state index in [1.165, 1.54) is 48.8 Å². The van der Waals surface area contributed by atoms with Crippen molar-refractivity contribution in [3.8, 4) is 0 Å². The lowest BCUT2D eigenvalue weighted by Gasteiger charge is -2.32. The smallest absolute Gasteiger partial charge is 0.0214 e. The summed E-state index contributed by atoms with van der Waals surface area (Å²) in [5.41, 5.74) is 1.41. The van der Waals surface area contributed by atoms with Crippen LogP contribution in [0.15, 0.2) is 42.5 Å². The van der Waals surface area contributed by atoms with Gasteiger partial charge in [-0.05, 0) is 42.3 Å². The Hall–Kier alpha value is -1.38. The molecule has 0 radical (unpaired) electrons. The number of nitrogens with zero attached hydrogens (tertiary/aromatic N) is 1. The Kier molecular flexibility index (Phi) is 4.34. The number of hydrogen-bond acceptors (Lipinski definition) is 2. The number of nitrogens with one attached hydrogen (secondary N) is 1. The van der Waals surface area contributed by atoms with Gasteiger partial charge in [0, 0.05) is 19.1 Å². The average Bonchev–Trinajstić information content (AvgIpc) is 2.53. The van der Waals surface area contributed by atoms with Crippen LogP contribution in [-0.4, -0.2) is 30.6 Å². The zero-order chi connectivity index (χ0) is 13.8. The second-order valence-electron chi connectivity index (χ2n) is 5.75. The van der Waals surface area contributed by atoms with Crippen molar-refractivity contribution in [3.05, 3.63) is 48.0 Å². The summed E-state index contributed by atoms with van der Waals surface area (Å²) >= 11 is 0. The van der Waals surface area contributed by atoms with Crippen molar-refractivity contribution in [2.45, 2.75) is 32.4 Å². The summed E-state index contributed by atoms with van der Waals surface area (Å²) in [5, 5.41) is 6.47. The third-order valence-electron chi connectivity index (χ3n) is 4.41. The predicted octanol–water partition coefficient (Wildman–Crippen LogP) is 3.41. The quantitative estimate of drug-likeness (QED) is 0.914. The van der Waals surface area contributed by atoms with E-state index in [9.17, 15) is 0 Å². The first-order valence-electron chi connectivity index (χ1n) is 7.79. The van der Waals surface area contributed by atoms with Crippen LogP contribution in [0.1, 0.15) is 25.3 Å². The summed E-state index contributed by atoms with van der Waals surface area (Å²) in [7, 11) is 0. The van der Waals surface area contributed by atoms with Crippen molar-refractivity contribution in [3.63, 3.8) is 0 Å². The van der Waals surface area contributed by atoms with E-state index in [-0.39, 0.29) is 0 Å². The number of likely N-dealkylation sites (tertiary alicyclic amines) is 1. The Labute approximate surface area is 121 Å². The molecule has 0 spiro atoms. The van der Waals surface area contributed by atoms with Gasteiger partial charge >= 0.3 is 0 Å². The van der Waals surface area contributed by atoms with Crippen LogP contribution in [0.3, 0.4) is 0 Å². The highest BCUT2D eigenvalue weighted by atomic mass is 15.2. The van der Waals surface area contributed by atoms with Crippen molar-refractivity contribution in [1.29, 1.82) is 0 Å². The Morgan fingerprint density at radius 1 is 1.15 bits per heavy atom. The number of rotatable bonds is 4. The third-order valence-corrected chi connectivity index (χ3v) is 4.41. The van der Waals surface area contributed by atoms with Crippen molar-refractivity contribution in [1.82, 2.24) is 10.2 Å². The molecule has 2 heteroatoms. The molecule has 0 amide bonds. The van der Waals surface area contributed by atoms with Gasteiger partial charge in [0.1, 0.15) is 0 Å². The van der Waals surface area contributed by atoms with Crippen molar-refractivity contribution in [2.75, 3.05) is 19.6 Å². The molecule has 106 valence electrons. The lowest BCUT2D eigenvalue weighted by Crippen LogP contribution is -2.45. The minimum Gasteiger partial charge on any atom is -0.309 e. The van der Waals surface area contributed by atoms with E-state index in [1.54, 1.807) is 0 Å². The van der Waals surface area contributed by atoms with Gasteiger partial charge in [-0.15, -0.1) is 0 Å². The molecule has 1 unspecified atom stereocenters. The molecule has 0 saturated carbocycles. The first-order chi connectivity index (χ1) is 9.86. The van der Waals surface area contributed by atoms with E-state index >= 15 is 0 Å². The third kappa shape index (κ3) is 3.02. The summed E-state index contributed by atoms with van der Waals surface area (Å²) < 4.78 is 0. The molecule has 2 aromatic carbocycles. The van der Waals surface area contributed by atoms with Gasteiger partial charge in [-0.1, -0.05) is 49.4 Å². The van der Waals surface area contributed by atoms with E-state index < -0.39 is 0 Å². The standard InChI is InChI=1S/C18H24N2/c1-2-20-12-6-10-17(14-20)19-13-16-9-5-8-15-7-3-4-11-18(15)16/h3-5,7-9,11,17,19H,2,6,10,12-14H2,1H3. The SMILES string of the molecule is CCN1CCCC(NCc2cccc3ccccc23)C1. The second kappa shape index (κ2) is 6.38. The molecule has 2 nitrogen and oxygen atoms in total. The molecular weight excluding hydrogens is 244 g/mol. The predicted molar refractivity (Wildman–Crippen MR) is 85.9 cm³/mol. The maximum absolute atomic E-state index is 3.75. The van der Waals surface area contributed by atoms with Crippen molar-refractivity contribution >= 4 is 10.8 Å². The molecule has 3 rings (SSSR count). The topological polar surface area (TPSA) is 15.3 Å². The maximum atomic E-state index is 3.75. The molecule has 1 saturated heterocycles. The number of likely N-dealkylation sites (N-methyl/N-ethyl adjacent to an activating group) is 1. The first kappa shape index (κ1) is 13.6. The molecule has 1 atom stereocenters. The molecule has 1 heterocycles. The van der Waals surface area contributed by atoms with Gasteiger partial charge < -0.3 is 10.2 Å². The first-order valence-corrected chi connectivity index (χ1v) is 7.79. The second-order valence-corrected chi connectivity index (χ2v) is 5.75. The van der Waals surface area contributed by atoms with Crippen molar-refractivity contribution < 1.29 is 0 Å². The fourth-order valence-electron chi connectivity index (χ4n) is 3.21. The van der Waals surface area contributed by atoms with Gasteiger partial charge in [0.05, 0.1) is 0 Å². The average molecular weight is 268 g/mol. The van der Waals surface area contributed by atoms with E-state index in [4.69, 9.17) is 0 Å². The van der Waals surface area contributed by atoms with Crippen LogP contribution in [0.25, 0.3) is 10.8 Å². The Bertz CT molecular complexity index is 559. The van der Waals surface area contributed by atoms with Gasteiger partial charge in [0.25, 0.3) is 0 Å². The molecule has 1 fully saturated rings. The minimum atomic E-state index is 0.641. The molecule has 1 aliphatic heterocycles. The largest absolute Gasteiger partial charge is 0.309 e. The zero-order valence-electron chi connectivity index (χ0n) is 12.3. The van der Waals surface area contributed by atoms with Crippen LogP contribution < -0.4 is 5.32 Å². The van der Waals surface area contributed by atoms with Crippen molar-refractivity contribution in [2.24, 2.45) is 0 Å². The molecule has 0 bridgehead atoms. The highest BCUT2D eigenvalue weighted by Crippen LogP contribution is 2.19. The lowest BCUT2D eigenvalue weighted by molar-refractivity contribution is 0.198. The van der Waals surface area contributed by atoms with Crippen LogP contribution in [0, 0.1) is 0 Å². The molecule has 20 heavy (non-hydrogen) atoms. The van der Waals surface area contributed by atoms with Crippen LogP contribution >= 0.6 is 0 Å². The maximum Gasteiger partial charge on any atom is 0.0214 e. The molecular formula is C18H24N2. The normalized spacial score (nSPS) is 20.4. The van der Waals surface area contributed by atoms with Gasteiger partial charge in [0.15, 0.2) is 0 Å². The summed E-state index contributed by atoms with van der Waals surface area (Å²) in [6, 6.07) is 15.9. The molecule has 0 aromatic heterocycles. The van der Waals surface area contributed by atoms with Gasteiger partial charge in [-0.3, -0.25) is 0 Å². The highest BCUT2D eigenvalue weighted by Gasteiger charge is 2.18. The fraction of sp³-hybridized carbons (Fsp3) is 0.444. The van der Waals surface area contributed by atoms with E-state index in [2.05, 4.69) is 59.6 Å². The lowest BCUT2D eigenvalue weighted by atomic mass is 10.0. The van der Waals surface area contributed by atoms with Crippen LogP contribution in [0.2, 0.25) is 0 Å². The van der Waals surface area contributed by atoms with E-state index in [0.717, 1.165) is 6.54 Å². The number of piperidine rings is 1. The number of hydrogen-bond donors (Lipinski definition) is 1. The highest BCUT2D eigenvalue weighted by molar-refractivity contribution is 5.85. The summed E-state index contributed by atoms with van der Waals surface area (Å²) in [4.78, 5) is 2.55. The summed E-state index contributed by atoms with van der Waals surface area (Å²) in [5.74, 6) is 0. The number of fused-ring (bicyclic) bond motifs is 1. The summed E-state index contributed by atoms with van der Waals surface area (Å²) in [6.07, 6.45) is 2.63. The van der Waals surface area contributed by atoms with Crippen LogP contribution in [-0.2, 0) is 6.54 Å². The summed E-state index contributed by atoms with van der Waals surface area (Å²) in [6.45, 7) is 6.87. The Morgan fingerprint density at radius 3 is 2.90 bits per heavy atom. The van der Waals surface area contributed by atoms with Crippen LogP contribution in [0.4, 0.5) is 0 Å². The minimum absolute atomic E-state index is 0.641. The van der Waals surface area contributed by atoms with Gasteiger partial charge in [0.2, 0.25) is 0 Å². The van der Waals surface area contributed by atoms with Gasteiger partial charge in [-0.25, -0.2) is 0 Å². The molecule has 1 N–H and O–H groups in total. The Balaban J connectivity index is 1.68. The van der Waals surface area contributed by atoms with Gasteiger partial charge in [-0.2, -0.15) is 0 Å². The van der Waals surface area contributed by atoms with E-state index in [0.29, 0.717) is 6.04 Å².